The summed E-state index contributed by atoms with van der Waals surface area (Å²) in [7, 11) is -2.23. The third-order valence-corrected chi connectivity index (χ3v) is 5.28. The number of nitrogens with one attached hydrogen (secondary N) is 1. The zero-order valence-electron chi connectivity index (χ0n) is 12.0. The van der Waals surface area contributed by atoms with Gasteiger partial charge < -0.3 is 4.90 Å². The summed E-state index contributed by atoms with van der Waals surface area (Å²) < 4.78 is 40.2. The number of rotatable bonds is 3. The number of halogens is 2. The molecule has 0 atom stereocenters. The van der Waals surface area contributed by atoms with Crippen molar-refractivity contribution in [2.75, 3.05) is 16.7 Å². The number of amides is 1. The van der Waals surface area contributed by atoms with Crippen LogP contribution in [-0.2, 0) is 21.2 Å². The summed E-state index contributed by atoms with van der Waals surface area (Å²) in [5, 5.41) is -0.269. The molecule has 8 heteroatoms. The van der Waals surface area contributed by atoms with Gasteiger partial charge in [0.25, 0.3) is 10.0 Å². The molecule has 0 saturated carbocycles. The molecule has 120 valence electrons. The molecule has 5 nitrogen and oxygen atoms in total. The van der Waals surface area contributed by atoms with Crippen molar-refractivity contribution in [3.63, 3.8) is 0 Å². The summed E-state index contributed by atoms with van der Waals surface area (Å²) in [4.78, 5) is 13.0. The fourth-order valence-electron chi connectivity index (χ4n) is 2.39. The lowest BCUT2D eigenvalue weighted by atomic mass is 10.1. The lowest BCUT2D eigenvalue weighted by Gasteiger charge is -2.12. The second kappa shape index (κ2) is 5.50. The Morgan fingerprint density at radius 2 is 1.96 bits per heavy atom. The molecule has 0 aliphatic carbocycles. The Kier molecular flexibility index (Phi) is 3.77. The largest absolute Gasteiger partial charge is 0.315 e. The van der Waals surface area contributed by atoms with Crippen LogP contribution in [0.25, 0.3) is 0 Å². The Morgan fingerprint density at radius 3 is 2.65 bits per heavy atom. The van der Waals surface area contributed by atoms with E-state index in [0.29, 0.717) is 5.69 Å². The minimum absolute atomic E-state index is 0.0506. The van der Waals surface area contributed by atoms with E-state index in [-0.39, 0.29) is 22.2 Å². The van der Waals surface area contributed by atoms with Crippen molar-refractivity contribution >= 4 is 38.9 Å². The molecular weight excluding hydrogens is 343 g/mol. The third kappa shape index (κ3) is 2.89. The lowest BCUT2D eigenvalue weighted by Crippen LogP contribution is -2.20. The van der Waals surface area contributed by atoms with Crippen LogP contribution < -0.4 is 9.62 Å². The summed E-state index contributed by atoms with van der Waals surface area (Å²) in [6.45, 7) is 0. The van der Waals surface area contributed by atoms with E-state index in [0.717, 1.165) is 29.4 Å². The van der Waals surface area contributed by atoms with Gasteiger partial charge >= 0.3 is 0 Å². The summed E-state index contributed by atoms with van der Waals surface area (Å²) >= 11 is 5.62. The number of carbonyl (C=O) groups is 1. The van der Waals surface area contributed by atoms with Crippen LogP contribution in [0.3, 0.4) is 0 Å². The zero-order valence-corrected chi connectivity index (χ0v) is 13.6. The number of carbonyl (C=O) groups excluding carboxylic acids is 1. The molecule has 23 heavy (non-hydrogen) atoms. The Morgan fingerprint density at radius 1 is 1.22 bits per heavy atom. The molecule has 0 unspecified atom stereocenters. The standard InChI is InChI=1S/C15H12ClFN2O3S/c1-19-14-5-2-10(6-9(14)7-15(19)20)18-23(21,22)11-3-4-13(17)12(16)8-11/h2-6,8,18H,7H2,1H3. The lowest BCUT2D eigenvalue weighted by molar-refractivity contribution is -0.117. The maximum absolute atomic E-state index is 13.2. The topological polar surface area (TPSA) is 66.5 Å². The Bertz CT molecular complexity index is 915. The summed E-state index contributed by atoms with van der Waals surface area (Å²) in [5.74, 6) is -0.741. The van der Waals surface area contributed by atoms with Crippen molar-refractivity contribution in [2.45, 2.75) is 11.3 Å². The van der Waals surface area contributed by atoms with E-state index in [1.807, 2.05) is 0 Å². The number of fused-ring (bicyclic) bond motifs is 1. The van der Waals surface area contributed by atoms with Crippen molar-refractivity contribution in [1.29, 1.82) is 0 Å². The normalized spacial score (nSPS) is 14.0. The van der Waals surface area contributed by atoms with E-state index < -0.39 is 15.8 Å². The first kappa shape index (κ1) is 15.8. The molecule has 1 aliphatic rings. The molecule has 0 aromatic heterocycles. The summed E-state index contributed by atoms with van der Waals surface area (Å²) in [6.07, 6.45) is 0.226. The minimum atomic E-state index is -3.90. The number of sulfonamides is 1. The molecule has 0 saturated heterocycles. The van der Waals surface area contributed by atoms with Gasteiger partial charge in [-0.25, -0.2) is 12.8 Å². The first-order chi connectivity index (χ1) is 10.8. The first-order valence-electron chi connectivity index (χ1n) is 6.65. The van der Waals surface area contributed by atoms with Gasteiger partial charge in [-0.3, -0.25) is 9.52 Å². The van der Waals surface area contributed by atoms with Crippen molar-refractivity contribution in [3.05, 3.63) is 52.8 Å². The quantitative estimate of drug-likeness (QED) is 0.921. The number of hydrogen-bond donors (Lipinski definition) is 1. The van der Waals surface area contributed by atoms with Crippen LogP contribution in [0, 0.1) is 5.82 Å². The minimum Gasteiger partial charge on any atom is -0.315 e. The van der Waals surface area contributed by atoms with E-state index >= 15 is 0 Å². The molecule has 1 aliphatic heterocycles. The van der Waals surface area contributed by atoms with Gasteiger partial charge in [0, 0.05) is 18.4 Å². The maximum Gasteiger partial charge on any atom is 0.261 e. The molecule has 1 N–H and O–H groups in total. The average Bonchev–Trinajstić information content (AvgIpc) is 2.76. The number of nitrogens with zero attached hydrogens (tertiary/aromatic N) is 1. The van der Waals surface area contributed by atoms with Crippen LogP contribution in [-0.4, -0.2) is 21.4 Å². The van der Waals surface area contributed by atoms with E-state index in [1.54, 1.807) is 25.2 Å². The number of benzene rings is 2. The highest BCUT2D eigenvalue weighted by Gasteiger charge is 2.24. The van der Waals surface area contributed by atoms with Gasteiger partial charge in [-0.1, -0.05) is 11.6 Å². The van der Waals surface area contributed by atoms with Crippen LogP contribution in [0.4, 0.5) is 15.8 Å². The van der Waals surface area contributed by atoms with E-state index in [4.69, 9.17) is 11.6 Å². The summed E-state index contributed by atoms with van der Waals surface area (Å²) in [5.41, 5.74) is 1.82. The van der Waals surface area contributed by atoms with Crippen molar-refractivity contribution in [3.8, 4) is 0 Å². The predicted molar refractivity (Wildman–Crippen MR) is 85.8 cm³/mol. The monoisotopic (exact) mass is 354 g/mol. The second-order valence-electron chi connectivity index (χ2n) is 5.15. The third-order valence-electron chi connectivity index (χ3n) is 3.61. The molecule has 0 radical (unpaired) electrons. The molecule has 1 heterocycles. The SMILES string of the molecule is CN1C(=O)Cc2cc(NS(=O)(=O)c3ccc(F)c(Cl)c3)ccc21. The highest BCUT2D eigenvalue weighted by atomic mass is 35.5. The van der Waals surface area contributed by atoms with E-state index in [2.05, 4.69) is 4.72 Å². The van der Waals surface area contributed by atoms with Gasteiger partial charge in [-0.2, -0.15) is 0 Å². The Balaban J connectivity index is 1.91. The highest BCUT2D eigenvalue weighted by Crippen LogP contribution is 2.31. The van der Waals surface area contributed by atoms with Crippen molar-refractivity contribution in [2.24, 2.45) is 0 Å². The maximum atomic E-state index is 13.2. The van der Waals surface area contributed by atoms with E-state index in [9.17, 15) is 17.6 Å². The van der Waals surface area contributed by atoms with Crippen LogP contribution in [0.15, 0.2) is 41.3 Å². The second-order valence-corrected chi connectivity index (χ2v) is 7.24. The molecule has 0 bridgehead atoms. The molecular formula is C15H12ClFN2O3S. The van der Waals surface area contributed by atoms with Crippen LogP contribution in [0.2, 0.25) is 5.02 Å². The van der Waals surface area contributed by atoms with Gasteiger partial charge in [0.05, 0.1) is 16.3 Å². The van der Waals surface area contributed by atoms with Crippen molar-refractivity contribution < 1.29 is 17.6 Å². The van der Waals surface area contributed by atoms with Gasteiger partial charge in [0.1, 0.15) is 5.82 Å². The molecule has 2 aromatic rings. The number of likely N-dealkylation sites (N-methyl/N-ethyl adjacent to an activating group) is 1. The van der Waals surface area contributed by atoms with Gasteiger partial charge in [-0.05, 0) is 42.0 Å². The highest BCUT2D eigenvalue weighted by molar-refractivity contribution is 7.92. The smallest absolute Gasteiger partial charge is 0.261 e. The zero-order chi connectivity index (χ0) is 16.8. The van der Waals surface area contributed by atoms with Crippen LogP contribution in [0.5, 0.6) is 0 Å². The summed E-state index contributed by atoms with van der Waals surface area (Å²) in [6, 6.07) is 8.02. The number of hydrogen-bond acceptors (Lipinski definition) is 3. The van der Waals surface area contributed by atoms with Gasteiger partial charge in [0.2, 0.25) is 5.91 Å². The molecule has 2 aromatic carbocycles. The predicted octanol–water partition coefficient (Wildman–Crippen LogP) is 2.80. The molecule has 0 spiro atoms. The van der Waals surface area contributed by atoms with E-state index in [1.165, 1.54) is 4.90 Å². The first-order valence-corrected chi connectivity index (χ1v) is 8.51. The fraction of sp³-hybridized carbons (Fsp3) is 0.133. The molecule has 3 rings (SSSR count). The Labute approximate surface area is 137 Å². The van der Waals surface area contributed by atoms with Gasteiger partial charge in [0.15, 0.2) is 0 Å². The van der Waals surface area contributed by atoms with Gasteiger partial charge in [-0.15, -0.1) is 0 Å². The number of anilines is 2. The molecule has 0 fully saturated rings. The average molecular weight is 355 g/mol. The van der Waals surface area contributed by atoms with Crippen LogP contribution in [0.1, 0.15) is 5.56 Å². The fourth-order valence-corrected chi connectivity index (χ4v) is 3.71. The van der Waals surface area contributed by atoms with Crippen LogP contribution >= 0.6 is 11.6 Å². The Hall–Kier alpha value is -2.12. The van der Waals surface area contributed by atoms with Crippen molar-refractivity contribution in [1.82, 2.24) is 0 Å². The molecule has 1 amide bonds.